The van der Waals surface area contributed by atoms with E-state index in [-0.39, 0.29) is 36.0 Å². The Morgan fingerprint density at radius 3 is 2.42 bits per heavy atom. The number of aliphatic hydroxyl groups excluding tert-OH is 1. The Labute approximate surface area is 319 Å². The van der Waals surface area contributed by atoms with E-state index in [1.165, 1.54) is 9.80 Å². The van der Waals surface area contributed by atoms with Crippen LogP contribution in [0.2, 0.25) is 5.02 Å². The standard InChI is InChI=1S/C40H49BrClN3O7/c1-8-10-19-30(47)43(7)25(6)34(26-16-12-11-13-17-26)51-39(50)31-32-37(48)45(29(22-46)23(3)4)36(40(32)21-27(41)35(31)52-40)38(49)44(20-9-2)33-24(5)15-14-18-28(33)42/h8-9,11-18,23,25,27,29,31-32,34-36,46H,1-2,10,19-22H2,3-7H3/t25-,27?,29-,31-,32+,34+,35-,36-,40+/m0/s1. The molecule has 9 atom stereocenters. The Hall–Kier alpha value is -3.51. The van der Waals surface area contributed by atoms with Gasteiger partial charge in [-0.1, -0.05) is 96.0 Å². The number of halogens is 2. The molecule has 3 amide bonds. The molecule has 2 aromatic rings. The molecule has 1 N–H and O–H groups in total. The lowest BCUT2D eigenvalue weighted by atomic mass is 9.70. The van der Waals surface area contributed by atoms with E-state index >= 15 is 4.79 Å². The molecule has 0 saturated carbocycles. The average molecular weight is 799 g/mol. The first-order valence-electron chi connectivity index (χ1n) is 17.8. The topological polar surface area (TPSA) is 117 Å². The Morgan fingerprint density at radius 1 is 1.13 bits per heavy atom. The molecule has 2 aromatic carbocycles. The number of ether oxygens (including phenoxy) is 2. The fourth-order valence-corrected chi connectivity index (χ4v) is 9.52. The predicted molar refractivity (Wildman–Crippen MR) is 204 cm³/mol. The number of aliphatic hydroxyl groups is 1. The van der Waals surface area contributed by atoms with Gasteiger partial charge < -0.3 is 29.3 Å². The first-order chi connectivity index (χ1) is 24.7. The Morgan fingerprint density at radius 2 is 1.83 bits per heavy atom. The number of amides is 3. The van der Waals surface area contributed by atoms with Crippen LogP contribution in [-0.4, -0.2) is 93.5 Å². The van der Waals surface area contributed by atoms with Crippen molar-refractivity contribution >= 4 is 56.9 Å². The van der Waals surface area contributed by atoms with Crippen LogP contribution in [-0.2, 0) is 28.7 Å². The van der Waals surface area contributed by atoms with E-state index < -0.39 is 72.2 Å². The van der Waals surface area contributed by atoms with Crippen molar-refractivity contribution in [2.24, 2.45) is 17.8 Å². The summed E-state index contributed by atoms with van der Waals surface area (Å²) < 4.78 is 13.1. The molecule has 0 aromatic heterocycles. The third-order valence-corrected chi connectivity index (χ3v) is 12.1. The monoisotopic (exact) mass is 797 g/mol. The molecule has 10 nitrogen and oxygen atoms in total. The minimum Gasteiger partial charge on any atom is -0.455 e. The fraction of sp³-hybridized carbons (Fsp3) is 0.500. The van der Waals surface area contributed by atoms with Crippen LogP contribution in [0.15, 0.2) is 73.8 Å². The Balaban J connectivity index is 1.58. The molecule has 5 rings (SSSR count). The molecule has 12 heteroatoms. The first-order valence-corrected chi connectivity index (χ1v) is 19.1. The van der Waals surface area contributed by atoms with E-state index in [9.17, 15) is 19.5 Å². The number of nitrogens with zero attached hydrogens (tertiary/aromatic N) is 3. The first kappa shape index (κ1) is 39.7. The number of fused-ring (bicyclic) bond motifs is 1. The summed E-state index contributed by atoms with van der Waals surface area (Å²) in [4.78, 5) is 61.8. The number of anilines is 1. The highest BCUT2D eigenvalue weighted by atomic mass is 79.9. The smallest absolute Gasteiger partial charge is 0.313 e. The number of hydrogen-bond donors (Lipinski definition) is 1. The van der Waals surface area contributed by atoms with Gasteiger partial charge in [-0.2, -0.15) is 0 Å². The summed E-state index contributed by atoms with van der Waals surface area (Å²) in [5.41, 5.74) is 0.500. The summed E-state index contributed by atoms with van der Waals surface area (Å²) in [5.74, 6) is -4.08. The van der Waals surface area contributed by atoms with E-state index in [4.69, 9.17) is 21.1 Å². The number of carbonyl (C=O) groups is 4. The van der Waals surface area contributed by atoms with Crippen LogP contribution >= 0.6 is 27.5 Å². The summed E-state index contributed by atoms with van der Waals surface area (Å²) >= 11 is 10.4. The number of alkyl halides is 1. The molecule has 0 aliphatic carbocycles. The van der Waals surface area contributed by atoms with E-state index in [2.05, 4.69) is 29.1 Å². The van der Waals surface area contributed by atoms with Crippen LogP contribution in [0.1, 0.15) is 57.3 Å². The number of likely N-dealkylation sites (tertiary alicyclic amines) is 1. The number of rotatable bonds is 15. The van der Waals surface area contributed by atoms with Gasteiger partial charge in [-0.3, -0.25) is 19.2 Å². The second-order valence-corrected chi connectivity index (χ2v) is 16.0. The molecule has 280 valence electrons. The highest BCUT2D eigenvalue weighted by Gasteiger charge is 2.78. The van der Waals surface area contributed by atoms with Crippen LogP contribution < -0.4 is 4.90 Å². The van der Waals surface area contributed by atoms with Gasteiger partial charge in [0.1, 0.15) is 17.7 Å². The number of carbonyl (C=O) groups excluding carboxylic acids is 4. The quantitative estimate of drug-likeness (QED) is 0.133. The van der Waals surface area contributed by atoms with Gasteiger partial charge >= 0.3 is 5.97 Å². The van der Waals surface area contributed by atoms with E-state index in [1.54, 1.807) is 36.2 Å². The largest absolute Gasteiger partial charge is 0.455 e. The molecule has 52 heavy (non-hydrogen) atoms. The number of hydrogen-bond acceptors (Lipinski definition) is 7. The van der Waals surface area contributed by atoms with Gasteiger partial charge in [0.05, 0.1) is 47.3 Å². The minimum atomic E-state index is -1.42. The Bertz CT molecular complexity index is 1670. The van der Waals surface area contributed by atoms with Crippen LogP contribution in [0.25, 0.3) is 0 Å². The number of allylic oxidation sites excluding steroid dienone is 1. The van der Waals surface area contributed by atoms with E-state index in [0.717, 1.165) is 5.56 Å². The van der Waals surface area contributed by atoms with Gasteiger partial charge in [0.15, 0.2) is 0 Å². The zero-order valence-electron chi connectivity index (χ0n) is 30.4. The van der Waals surface area contributed by atoms with Gasteiger partial charge in [-0.25, -0.2) is 0 Å². The molecule has 3 aliphatic heterocycles. The van der Waals surface area contributed by atoms with Crippen molar-refractivity contribution in [2.75, 3.05) is 25.1 Å². The summed E-state index contributed by atoms with van der Waals surface area (Å²) in [5, 5.41) is 11.1. The lowest BCUT2D eigenvalue weighted by molar-refractivity contribution is -0.165. The second-order valence-electron chi connectivity index (χ2n) is 14.4. The maximum atomic E-state index is 15.1. The molecule has 0 radical (unpaired) electrons. The number of benzene rings is 2. The third kappa shape index (κ3) is 6.97. The second kappa shape index (κ2) is 16.2. The van der Waals surface area contributed by atoms with Crippen LogP contribution in [0.3, 0.4) is 0 Å². The summed E-state index contributed by atoms with van der Waals surface area (Å²) in [7, 11) is 1.68. The summed E-state index contributed by atoms with van der Waals surface area (Å²) in [6.45, 7) is 14.7. The van der Waals surface area contributed by atoms with Crippen LogP contribution in [0.4, 0.5) is 5.69 Å². The minimum absolute atomic E-state index is 0.0937. The van der Waals surface area contributed by atoms with Gasteiger partial charge in [0.25, 0.3) is 5.91 Å². The van der Waals surface area contributed by atoms with Crippen LogP contribution in [0.5, 0.6) is 0 Å². The van der Waals surface area contributed by atoms with Gasteiger partial charge in [-0.05, 0) is 49.8 Å². The summed E-state index contributed by atoms with van der Waals surface area (Å²) in [6, 6.07) is 12.0. The molecule has 3 aliphatic rings. The molecule has 3 saturated heterocycles. The highest BCUT2D eigenvalue weighted by Crippen LogP contribution is 2.61. The molecule has 3 fully saturated rings. The van der Waals surface area contributed by atoms with Crippen molar-refractivity contribution in [1.29, 1.82) is 0 Å². The van der Waals surface area contributed by atoms with Crippen LogP contribution in [0, 0.1) is 24.7 Å². The molecule has 2 bridgehead atoms. The number of aryl methyl sites for hydroxylation is 1. The van der Waals surface area contributed by atoms with Crippen molar-refractivity contribution in [1.82, 2.24) is 9.80 Å². The number of likely N-dealkylation sites (N-methyl/N-ethyl adjacent to an activating group) is 1. The lowest BCUT2D eigenvalue weighted by Crippen LogP contribution is -2.60. The van der Waals surface area contributed by atoms with Gasteiger partial charge in [0, 0.05) is 24.8 Å². The van der Waals surface area contributed by atoms with Crippen molar-refractivity contribution in [3.8, 4) is 0 Å². The molecular formula is C40H49BrClN3O7. The Kier molecular flexibility index (Phi) is 12.4. The molecule has 1 unspecified atom stereocenters. The SMILES string of the molecule is C=CCCC(=O)N(C)[C@@H](C)[C@@H](OC(=O)[C@@H]1[C@H]2O[C@@]3(CC2Br)[C@H](C(=O)N(CC=C)c2c(C)cccc2Cl)N([C@@H](CO)C(C)C)C(=O)[C@@H]13)c1ccccc1. The predicted octanol–water partition coefficient (Wildman–Crippen LogP) is 6.03. The maximum Gasteiger partial charge on any atom is 0.313 e. The zero-order chi connectivity index (χ0) is 38.1. The molecule has 3 heterocycles. The summed E-state index contributed by atoms with van der Waals surface area (Å²) in [6.07, 6.45) is 2.65. The average Bonchev–Trinajstić information content (AvgIpc) is 3.71. The third-order valence-electron chi connectivity index (χ3n) is 11.0. The maximum absolute atomic E-state index is 15.1. The number of esters is 1. The fourth-order valence-electron chi connectivity index (χ4n) is 8.25. The van der Waals surface area contributed by atoms with Crippen molar-refractivity contribution in [2.45, 2.75) is 87.7 Å². The zero-order valence-corrected chi connectivity index (χ0v) is 32.8. The van der Waals surface area contributed by atoms with Gasteiger partial charge in [0.2, 0.25) is 11.8 Å². The highest BCUT2D eigenvalue weighted by molar-refractivity contribution is 9.09. The van der Waals surface area contributed by atoms with Crippen molar-refractivity contribution in [3.05, 3.63) is 90.0 Å². The van der Waals surface area contributed by atoms with Crippen molar-refractivity contribution in [3.63, 3.8) is 0 Å². The normalized spacial score (nSPS) is 26.4. The molecule has 1 spiro atoms. The lowest BCUT2D eigenvalue weighted by Gasteiger charge is -2.40. The van der Waals surface area contributed by atoms with Gasteiger partial charge in [-0.15, -0.1) is 13.2 Å². The van der Waals surface area contributed by atoms with E-state index in [1.807, 2.05) is 64.1 Å². The van der Waals surface area contributed by atoms with E-state index in [0.29, 0.717) is 22.7 Å². The molecular weight excluding hydrogens is 750 g/mol. The number of para-hydroxylation sites is 1. The van der Waals surface area contributed by atoms with Crippen molar-refractivity contribution < 1.29 is 33.8 Å².